The Morgan fingerprint density at radius 3 is 2.92 bits per heavy atom. The van der Waals surface area contributed by atoms with Crippen molar-refractivity contribution in [3.05, 3.63) is 0 Å². The molecule has 2 saturated heterocycles. The molecule has 0 unspecified atom stereocenters. The zero-order chi connectivity index (χ0) is 8.89. The number of fused-ring (bicyclic) bond motifs is 1. The maximum Gasteiger partial charge on any atom is 0.0962 e. The second kappa shape index (κ2) is 2.71. The molecule has 2 heterocycles. The van der Waals surface area contributed by atoms with Gasteiger partial charge in [0.1, 0.15) is 0 Å². The number of rotatable bonds is 0. The molecule has 3 fully saturated rings. The van der Waals surface area contributed by atoms with E-state index < -0.39 is 0 Å². The predicted octanol–water partition coefficient (Wildman–Crippen LogP) is 1.98. The van der Waals surface area contributed by atoms with E-state index >= 15 is 0 Å². The second-order valence-electron chi connectivity index (χ2n) is 4.93. The molecule has 13 heavy (non-hydrogen) atoms. The monoisotopic (exact) mass is 182 g/mol. The molecule has 3 aliphatic rings. The van der Waals surface area contributed by atoms with Crippen molar-refractivity contribution in [2.45, 2.75) is 44.3 Å². The van der Waals surface area contributed by atoms with Gasteiger partial charge in [0.05, 0.1) is 18.3 Å². The Labute approximate surface area is 79.6 Å². The molecule has 2 aliphatic heterocycles. The van der Waals surface area contributed by atoms with Crippen LogP contribution in [0.2, 0.25) is 0 Å². The summed E-state index contributed by atoms with van der Waals surface area (Å²) >= 11 is 0. The minimum absolute atomic E-state index is 0.105. The minimum atomic E-state index is 0.105. The van der Waals surface area contributed by atoms with E-state index in [2.05, 4.69) is 6.92 Å². The third kappa shape index (κ3) is 1.23. The van der Waals surface area contributed by atoms with Gasteiger partial charge in [0.15, 0.2) is 0 Å². The molecule has 0 aromatic heterocycles. The van der Waals surface area contributed by atoms with E-state index in [-0.39, 0.29) is 5.60 Å². The van der Waals surface area contributed by atoms with Gasteiger partial charge in [-0.05, 0) is 38.0 Å². The SMILES string of the molecule is C[C@@H]1OCC[C@]12CC[C@@H]1C[C@@H]1CO2. The molecule has 4 atom stereocenters. The van der Waals surface area contributed by atoms with Crippen molar-refractivity contribution in [2.75, 3.05) is 13.2 Å². The maximum absolute atomic E-state index is 6.09. The fourth-order valence-electron chi connectivity index (χ4n) is 2.92. The van der Waals surface area contributed by atoms with Crippen LogP contribution in [0.1, 0.15) is 32.6 Å². The minimum Gasteiger partial charge on any atom is -0.375 e. The Morgan fingerprint density at radius 2 is 2.15 bits per heavy atom. The smallest absolute Gasteiger partial charge is 0.0962 e. The summed E-state index contributed by atoms with van der Waals surface area (Å²) < 4.78 is 11.7. The molecule has 74 valence electrons. The summed E-state index contributed by atoms with van der Waals surface area (Å²) in [4.78, 5) is 0. The zero-order valence-corrected chi connectivity index (χ0v) is 8.29. The van der Waals surface area contributed by atoms with Crippen LogP contribution in [-0.2, 0) is 9.47 Å². The molecule has 0 radical (unpaired) electrons. The lowest BCUT2D eigenvalue weighted by molar-refractivity contribution is -0.0880. The highest BCUT2D eigenvalue weighted by atomic mass is 16.6. The highest BCUT2D eigenvalue weighted by Gasteiger charge is 2.49. The summed E-state index contributed by atoms with van der Waals surface area (Å²) in [6.07, 6.45) is 5.47. The Bertz CT molecular complexity index is 202. The van der Waals surface area contributed by atoms with Gasteiger partial charge in [-0.3, -0.25) is 0 Å². The van der Waals surface area contributed by atoms with Crippen LogP contribution in [0, 0.1) is 11.8 Å². The van der Waals surface area contributed by atoms with Gasteiger partial charge in [0.2, 0.25) is 0 Å². The summed E-state index contributed by atoms with van der Waals surface area (Å²) in [6, 6.07) is 0. The van der Waals surface area contributed by atoms with Crippen molar-refractivity contribution in [3.8, 4) is 0 Å². The molecular weight excluding hydrogens is 164 g/mol. The van der Waals surface area contributed by atoms with Crippen LogP contribution in [-0.4, -0.2) is 24.9 Å². The van der Waals surface area contributed by atoms with Gasteiger partial charge in [0, 0.05) is 13.0 Å². The normalized spacial score (nSPS) is 54.7. The first kappa shape index (κ1) is 8.25. The molecule has 2 nitrogen and oxygen atoms in total. The van der Waals surface area contributed by atoms with Crippen LogP contribution < -0.4 is 0 Å². The van der Waals surface area contributed by atoms with Crippen molar-refractivity contribution >= 4 is 0 Å². The Morgan fingerprint density at radius 1 is 1.23 bits per heavy atom. The van der Waals surface area contributed by atoms with E-state index in [9.17, 15) is 0 Å². The second-order valence-corrected chi connectivity index (χ2v) is 4.93. The molecule has 0 N–H and O–H groups in total. The lowest BCUT2D eigenvalue weighted by Crippen LogP contribution is -2.39. The lowest BCUT2D eigenvalue weighted by atomic mass is 9.90. The van der Waals surface area contributed by atoms with Crippen LogP contribution in [0.4, 0.5) is 0 Å². The first-order valence-corrected chi connectivity index (χ1v) is 5.56. The largest absolute Gasteiger partial charge is 0.375 e. The number of hydrogen-bond donors (Lipinski definition) is 0. The molecule has 1 saturated carbocycles. The average Bonchev–Trinajstić information content (AvgIpc) is 2.79. The summed E-state index contributed by atoms with van der Waals surface area (Å²) in [6.45, 7) is 4.07. The molecule has 1 spiro atoms. The van der Waals surface area contributed by atoms with E-state index in [0.717, 1.165) is 31.5 Å². The standard InChI is InChI=1S/C11H18O2/c1-8-11(4-5-12-8)3-2-9-6-10(9)7-13-11/h8-10H,2-7H2,1H3/t8-,9+,10+,11+/m0/s1. The van der Waals surface area contributed by atoms with Gasteiger partial charge in [-0.15, -0.1) is 0 Å². The van der Waals surface area contributed by atoms with E-state index in [4.69, 9.17) is 9.47 Å². The van der Waals surface area contributed by atoms with E-state index in [1.54, 1.807) is 0 Å². The highest BCUT2D eigenvalue weighted by Crippen LogP contribution is 2.49. The van der Waals surface area contributed by atoms with Crippen molar-refractivity contribution < 1.29 is 9.47 Å². The highest BCUT2D eigenvalue weighted by molar-refractivity contribution is 4.98. The Balaban J connectivity index is 1.75. The summed E-state index contributed by atoms with van der Waals surface area (Å²) in [7, 11) is 0. The van der Waals surface area contributed by atoms with E-state index in [0.29, 0.717) is 6.10 Å². The molecule has 0 bridgehead atoms. The molecule has 1 aliphatic carbocycles. The van der Waals surface area contributed by atoms with Crippen molar-refractivity contribution in [1.82, 2.24) is 0 Å². The predicted molar refractivity (Wildman–Crippen MR) is 49.5 cm³/mol. The third-order valence-electron chi connectivity index (χ3n) is 4.23. The maximum atomic E-state index is 6.09. The first-order valence-electron chi connectivity index (χ1n) is 5.56. The van der Waals surface area contributed by atoms with Gasteiger partial charge in [-0.1, -0.05) is 0 Å². The third-order valence-corrected chi connectivity index (χ3v) is 4.23. The van der Waals surface area contributed by atoms with Gasteiger partial charge in [-0.25, -0.2) is 0 Å². The average molecular weight is 182 g/mol. The van der Waals surface area contributed by atoms with Crippen LogP contribution in [0.25, 0.3) is 0 Å². The molecule has 2 heteroatoms. The fraction of sp³-hybridized carbons (Fsp3) is 1.00. The quantitative estimate of drug-likeness (QED) is 0.570. The van der Waals surface area contributed by atoms with Crippen molar-refractivity contribution in [3.63, 3.8) is 0 Å². The van der Waals surface area contributed by atoms with Gasteiger partial charge in [0.25, 0.3) is 0 Å². The Kier molecular flexibility index (Phi) is 1.72. The summed E-state index contributed by atoms with van der Waals surface area (Å²) in [5, 5.41) is 0. The zero-order valence-electron chi connectivity index (χ0n) is 8.29. The fourth-order valence-corrected chi connectivity index (χ4v) is 2.92. The molecular formula is C11H18O2. The van der Waals surface area contributed by atoms with E-state index in [1.807, 2.05) is 0 Å². The number of hydrogen-bond acceptors (Lipinski definition) is 2. The van der Waals surface area contributed by atoms with Crippen molar-refractivity contribution in [1.29, 1.82) is 0 Å². The van der Waals surface area contributed by atoms with Crippen LogP contribution in [0.3, 0.4) is 0 Å². The van der Waals surface area contributed by atoms with Gasteiger partial charge in [-0.2, -0.15) is 0 Å². The van der Waals surface area contributed by atoms with Crippen molar-refractivity contribution in [2.24, 2.45) is 11.8 Å². The number of ether oxygens (including phenoxy) is 2. The molecule has 3 rings (SSSR count). The Hall–Kier alpha value is -0.0800. The topological polar surface area (TPSA) is 18.5 Å². The summed E-state index contributed by atoms with van der Waals surface area (Å²) in [5.74, 6) is 1.89. The van der Waals surface area contributed by atoms with Gasteiger partial charge >= 0.3 is 0 Å². The molecule has 0 aromatic rings. The first-order chi connectivity index (χ1) is 6.30. The molecule has 0 amide bonds. The van der Waals surface area contributed by atoms with Crippen LogP contribution >= 0.6 is 0 Å². The van der Waals surface area contributed by atoms with E-state index in [1.165, 1.54) is 19.3 Å². The summed E-state index contributed by atoms with van der Waals surface area (Å²) in [5.41, 5.74) is 0.105. The molecule has 0 aromatic carbocycles. The van der Waals surface area contributed by atoms with Gasteiger partial charge < -0.3 is 9.47 Å². The van der Waals surface area contributed by atoms with Crippen LogP contribution in [0.15, 0.2) is 0 Å². The lowest BCUT2D eigenvalue weighted by Gasteiger charge is -2.31. The van der Waals surface area contributed by atoms with Crippen LogP contribution in [0.5, 0.6) is 0 Å².